The van der Waals surface area contributed by atoms with Crippen LogP contribution in [0.4, 0.5) is 0 Å². The summed E-state index contributed by atoms with van der Waals surface area (Å²) in [7, 11) is 0. The van der Waals surface area contributed by atoms with Gasteiger partial charge in [-0.2, -0.15) is 0 Å². The van der Waals surface area contributed by atoms with Crippen molar-refractivity contribution in [2.24, 2.45) is 0 Å². The van der Waals surface area contributed by atoms with Crippen LogP contribution in [0.5, 0.6) is 0 Å². The van der Waals surface area contributed by atoms with E-state index in [-0.39, 0.29) is 21.8 Å². The highest BCUT2D eigenvalue weighted by Gasteiger charge is 2.11. The van der Waals surface area contributed by atoms with Crippen molar-refractivity contribution in [2.75, 3.05) is 6.54 Å². The normalized spacial score (nSPS) is 9.93. The molecule has 0 aromatic carbocycles. The molecule has 6 heteroatoms. The van der Waals surface area contributed by atoms with Crippen LogP contribution in [0.15, 0.2) is 6.07 Å². The van der Waals surface area contributed by atoms with Gasteiger partial charge in [0.2, 0.25) is 0 Å². The average Bonchev–Trinajstić information content (AvgIpc) is 2.18. The molecule has 0 aliphatic rings. The topological polar surface area (TPSA) is 54.9 Å². The molecule has 1 aromatic heterocycles. The average molecular weight is 234 g/mol. The Balaban J connectivity index is 2.83. The number of nitrogens with one attached hydrogen (secondary N) is 1. The predicted octanol–water partition coefficient (Wildman–Crippen LogP) is 1.92. The van der Waals surface area contributed by atoms with Crippen LogP contribution in [0, 0.1) is 0 Å². The fraction of sp³-hybridized carbons (Fsp3) is 0.375. The molecule has 0 aliphatic carbocycles. The number of hydrogen-bond donors (Lipinski definition) is 1. The van der Waals surface area contributed by atoms with E-state index in [2.05, 4.69) is 15.5 Å². The summed E-state index contributed by atoms with van der Waals surface area (Å²) < 4.78 is 0. The maximum atomic E-state index is 11.5. The van der Waals surface area contributed by atoms with Gasteiger partial charge in [0.1, 0.15) is 0 Å². The SMILES string of the molecule is CCCNC(=O)c1cc(Cl)nnc1Cl. The molecule has 0 unspecified atom stereocenters. The zero-order valence-electron chi connectivity index (χ0n) is 7.55. The second kappa shape index (κ2) is 5.12. The van der Waals surface area contributed by atoms with Crippen molar-refractivity contribution in [3.63, 3.8) is 0 Å². The first kappa shape index (κ1) is 11.2. The Morgan fingerprint density at radius 2 is 2.21 bits per heavy atom. The molecule has 0 bridgehead atoms. The highest BCUT2D eigenvalue weighted by Crippen LogP contribution is 2.14. The van der Waals surface area contributed by atoms with Crippen LogP contribution >= 0.6 is 23.2 Å². The first-order valence-corrected chi connectivity index (χ1v) is 4.87. The predicted molar refractivity (Wildman–Crippen MR) is 54.7 cm³/mol. The molecular weight excluding hydrogens is 225 g/mol. The van der Waals surface area contributed by atoms with Crippen LogP contribution in [0.3, 0.4) is 0 Å². The summed E-state index contributed by atoms with van der Waals surface area (Å²) >= 11 is 11.3. The fourth-order valence-corrected chi connectivity index (χ4v) is 1.17. The number of rotatable bonds is 3. The lowest BCUT2D eigenvalue weighted by molar-refractivity contribution is 0.0953. The summed E-state index contributed by atoms with van der Waals surface area (Å²) in [4.78, 5) is 11.5. The van der Waals surface area contributed by atoms with Gasteiger partial charge in [0, 0.05) is 6.54 Å². The molecule has 1 aromatic rings. The molecule has 4 nitrogen and oxygen atoms in total. The summed E-state index contributed by atoms with van der Waals surface area (Å²) in [6, 6.07) is 1.39. The van der Waals surface area contributed by atoms with E-state index in [1.807, 2.05) is 6.92 Å². The third-order valence-electron chi connectivity index (χ3n) is 1.50. The highest BCUT2D eigenvalue weighted by atomic mass is 35.5. The molecule has 0 saturated carbocycles. The molecule has 1 rings (SSSR count). The van der Waals surface area contributed by atoms with Gasteiger partial charge in [-0.05, 0) is 12.5 Å². The van der Waals surface area contributed by atoms with Crippen LogP contribution in [-0.4, -0.2) is 22.6 Å². The van der Waals surface area contributed by atoms with Crippen LogP contribution < -0.4 is 5.32 Å². The summed E-state index contributed by atoms with van der Waals surface area (Å²) in [5.41, 5.74) is 0.250. The largest absolute Gasteiger partial charge is 0.352 e. The zero-order chi connectivity index (χ0) is 10.6. The van der Waals surface area contributed by atoms with Crippen LogP contribution in [-0.2, 0) is 0 Å². The van der Waals surface area contributed by atoms with E-state index in [0.717, 1.165) is 6.42 Å². The molecule has 1 heterocycles. The van der Waals surface area contributed by atoms with E-state index < -0.39 is 0 Å². The van der Waals surface area contributed by atoms with Crippen molar-refractivity contribution in [3.8, 4) is 0 Å². The zero-order valence-corrected chi connectivity index (χ0v) is 9.06. The summed E-state index contributed by atoms with van der Waals surface area (Å²) in [5, 5.41) is 9.91. The summed E-state index contributed by atoms with van der Waals surface area (Å²) in [5.74, 6) is -0.284. The molecular formula is C8H9Cl2N3O. The molecule has 76 valence electrons. The van der Waals surface area contributed by atoms with E-state index >= 15 is 0 Å². The van der Waals surface area contributed by atoms with Crippen molar-refractivity contribution >= 4 is 29.1 Å². The van der Waals surface area contributed by atoms with Crippen molar-refractivity contribution in [3.05, 3.63) is 21.9 Å². The van der Waals surface area contributed by atoms with E-state index in [1.54, 1.807) is 0 Å². The van der Waals surface area contributed by atoms with Gasteiger partial charge in [0.25, 0.3) is 5.91 Å². The Bertz CT molecular complexity index is 343. The lowest BCUT2D eigenvalue weighted by Gasteiger charge is -2.03. The third-order valence-corrected chi connectivity index (χ3v) is 1.96. The lowest BCUT2D eigenvalue weighted by Crippen LogP contribution is -2.24. The van der Waals surface area contributed by atoms with Crippen LogP contribution in [0.2, 0.25) is 10.3 Å². The number of carbonyl (C=O) groups excluding carboxylic acids is 1. The van der Waals surface area contributed by atoms with Gasteiger partial charge in [-0.1, -0.05) is 30.1 Å². The molecule has 0 radical (unpaired) electrons. The van der Waals surface area contributed by atoms with Gasteiger partial charge < -0.3 is 5.32 Å². The number of nitrogens with zero attached hydrogens (tertiary/aromatic N) is 2. The van der Waals surface area contributed by atoms with Crippen molar-refractivity contribution < 1.29 is 4.79 Å². The van der Waals surface area contributed by atoms with Gasteiger partial charge >= 0.3 is 0 Å². The minimum atomic E-state index is -0.284. The monoisotopic (exact) mass is 233 g/mol. The quantitative estimate of drug-likeness (QED) is 0.869. The van der Waals surface area contributed by atoms with Gasteiger partial charge in [-0.15, -0.1) is 10.2 Å². The van der Waals surface area contributed by atoms with Crippen LogP contribution in [0.25, 0.3) is 0 Å². The first-order chi connectivity index (χ1) is 6.65. The molecule has 1 N–H and O–H groups in total. The van der Waals surface area contributed by atoms with E-state index in [0.29, 0.717) is 6.54 Å². The molecule has 0 aliphatic heterocycles. The van der Waals surface area contributed by atoms with E-state index in [1.165, 1.54) is 6.07 Å². The number of amides is 1. The summed E-state index contributed by atoms with van der Waals surface area (Å²) in [6.45, 7) is 2.55. The lowest BCUT2D eigenvalue weighted by atomic mass is 10.3. The number of aromatic nitrogens is 2. The van der Waals surface area contributed by atoms with Gasteiger partial charge in [0.15, 0.2) is 10.3 Å². The van der Waals surface area contributed by atoms with E-state index in [4.69, 9.17) is 23.2 Å². The van der Waals surface area contributed by atoms with Crippen molar-refractivity contribution in [1.82, 2.24) is 15.5 Å². The molecule has 1 amide bonds. The van der Waals surface area contributed by atoms with E-state index in [9.17, 15) is 4.79 Å². The second-order valence-electron chi connectivity index (χ2n) is 2.63. The van der Waals surface area contributed by atoms with Crippen molar-refractivity contribution in [1.29, 1.82) is 0 Å². The Labute approximate surface area is 91.6 Å². The van der Waals surface area contributed by atoms with Gasteiger partial charge in [-0.3, -0.25) is 4.79 Å². The second-order valence-corrected chi connectivity index (χ2v) is 3.37. The Kier molecular flexibility index (Phi) is 4.10. The number of halogens is 2. The summed E-state index contributed by atoms with van der Waals surface area (Å²) in [6.07, 6.45) is 0.857. The minimum absolute atomic E-state index is 0.0583. The molecule has 0 fully saturated rings. The Hall–Kier alpha value is -0.870. The fourth-order valence-electron chi connectivity index (χ4n) is 0.846. The third kappa shape index (κ3) is 2.82. The minimum Gasteiger partial charge on any atom is -0.352 e. The maximum absolute atomic E-state index is 11.5. The van der Waals surface area contributed by atoms with Crippen LogP contribution in [0.1, 0.15) is 23.7 Å². The molecule has 0 spiro atoms. The standard InChI is InChI=1S/C8H9Cl2N3O/c1-2-3-11-8(14)5-4-6(9)12-13-7(5)10/h4H,2-3H2,1H3,(H,11,14). The molecule has 0 atom stereocenters. The maximum Gasteiger partial charge on any atom is 0.254 e. The van der Waals surface area contributed by atoms with Gasteiger partial charge in [-0.25, -0.2) is 0 Å². The molecule has 14 heavy (non-hydrogen) atoms. The Morgan fingerprint density at radius 3 is 2.86 bits per heavy atom. The van der Waals surface area contributed by atoms with Crippen molar-refractivity contribution in [2.45, 2.75) is 13.3 Å². The number of hydrogen-bond acceptors (Lipinski definition) is 3. The smallest absolute Gasteiger partial charge is 0.254 e. The number of carbonyl (C=O) groups is 1. The molecule has 0 saturated heterocycles. The highest BCUT2D eigenvalue weighted by molar-refractivity contribution is 6.34. The Morgan fingerprint density at radius 1 is 1.50 bits per heavy atom. The van der Waals surface area contributed by atoms with Gasteiger partial charge in [0.05, 0.1) is 5.56 Å². The first-order valence-electron chi connectivity index (χ1n) is 4.12.